The van der Waals surface area contributed by atoms with Gasteiger partial charge in [-0.15, -0.1) is 0 Å². The lowest BCUT2D eigenvalue weighted by molar-refractivity contribution is -0.00462. The first-order valence-corrected chi connectivity index (χ1v) is 7.11. The summed E-state index contributed by atoms with van der Waals surface area (Å²) < 4.78 is 5.49. The molecule has 0 aliphatic carbocycles. The quantitative estimate of drug-likeness (QED) is 0.897. The van der Waals surface area contributed by atoms with Crippen LogP contribution >= 0.6 is 11.6 Å². The van der Waals surface area contributed by atoms with Crippen molar-refractivity contribution in [1.82, 2.24) is 4.90 Å². The van der Waals surface area contributed by atoms with E-state index in [0.29, 0.717) is 18.2 Å². The summed E-state index contributed by atoms with van der Waals surface area (Å²) in [5, 5.41) is 12.2. The van der Waals surface area contributed by atoms with Gasteiger partial charge >= 0.3 is 6.03 Å². The predicted molar refractivity (Wildman–Crippen MR) is 78.1 cm³/mol. The number of carbonyl (C=O) groups excluding carboxylic acids is 1. The Kier molecular flexibility index (Phi) is 5.64. The molecule has 5 nitrogen and oxygen atoms in total. The Morgan fingerprint density at radius 3 is 2.90 bits per heavy atom. The third kappa shape index (κ3) is 4.37. The number of aliphatic hydroxyl groups excluding tert-OH is 1. The van der Waals surface area contributed by atoms with Gasteiger partial charge in [0.15, 0.2) is 0 Å². The first-order valence-electron chi connectivity index (χ1n) is 6.73. The average Bonchev–Trinajstić information content (AvgIpc) is 2.48. The minimum absolute atomic E-state index is 0.00636. The van der Waals surface area contributed by atoms with Gasteiger partial charge in [0, 0.05) is 23.8 Å². The minimum Gasteiger partial charge on any atom is -0.394 e. The molecule has 0 spiro atoms. The number of nitrogens with zero attached hydrogens (tertiary/aromatic N) is 1. The van der Waals surface area contributed by atoms with Gasteiger partial charge in [-0.1, -0.05) is 11.6 Å². The summed E-state index contributed by atoms with van der Waals surface area (Å²) in [5.41, 5.74) is 0.720. The Hall–Kier alpha value is -1.30. The van der Waals surface area contributed by atoms with Gasteiger partial charge in [-0.3, -0.25) is 0 Å². The zero-order valence-electron chi connectivity index (χ0n) is 11.2. The number of piperidine rings is 1. The van der Waals surface area contributed by atoms with E-state index in [1.807, 2.05) is 0 Å². The highest BCUT2D eigenvalue weighted by atomic mass is 35.5. The van der Waals surface area contributed by atoms with E-state index in [1.54, 1.807) is 29.2 Å². The number of nitrogens with one attached hydrogen (secondary N) is 1. The standard InChI is InChI=1S/C14H19ClN2O3/c15-11-3-5-12(6-4-11)16-14(19)17-7-1-2-13(10-17)20-9-8-18/h3-6,13,18H,1-2,7-10H2,(H,16,19). The number of hydrogen-bond donors (Lipinski definition) is 2. The van der Waals surface area contributed by atoms with Gasteiger partial charge in [0.2, 0.25) is 0 Å². The lowest BCUT2D eigenvalue weighted by Gasteiger charge is -2.32. The average molecular weight is 299 g/mol. The van der Waals surface area contributed by atoms with Crippen molar-refractivity contribution >= 4 is 23.3 Å². The molecule has 2 amide bonds. The summed E-state index contributed by atoms with van der Waals surface area (Å²) >= 11 is 5.80. The van der Waals surface area contributed by atoms with Crippen molar-refractivity contribution in [1.29, 1.82) is 0 Å². The number of halogens is 1. The van der Waals surface area contributed by atoms with Gasteiger partial charge < -0.3 is 20.1 Å². The molecule has 1 unspecified atom stereocenters. The number of ether oxygens (including phenoxy) is 1. The number of carbonyl (C=O) groups is 1. The lowest BCUT2D eigenvalue weighted by atomic mass is 10.1. The van der Waals surface area contributed by atoms with Gasteiger partial charge in [-0.25, -0.2) is 4.79 Å². The summed E-state index contributed by atoms with van der Waals surface area (Å²) in [6, 6.07) is 6.87. The number of urea groups is 1. The molecule has 6 heteroatoms. The molecule has 20 heavy (non-hydrogen) atoms. The molecule has 1 fully saturated rings. The number of benzene rings is 1. The molecule has 1 heterocycles. The first kappa shape index (κ1) is 15.1. The van der Waals surface area contributed by atoms with Crippen LogP contribution < -0.4 is 5.32 Å². The lowest BCUT2D eigenvalue weighted by Crippen LogP contribution is -2.45. The Morgan fingerprint density at radius 2 is 2.20 bits per heavy atom. The molecule has 2 N–H and O–H groups in total. The molecule has 0 saturated carbocycles. The summed E-state index contributed by atoms with van der Waals surface area (Å²) in [7, 11) is 0. The second-order valence-electron chi connectivity index (χ2n) is 4.74. The normalized spacial score (nSPS) is 18.9. The zero-order chi connectivity index (χ0) is 14.4. The number of amides is 2. The van der Waals surface area contributed by atoms with Crippen molar-refractivity contribution in [3.05, 3.63) is 29.3 Å². The van der Waals surface area contributed by atoms with E-state index in [0.717, 1.165) is 25.1 Å². The number of rotatable bonds is 4. The molecule has 0 bridgehead atoms. The van der Waals surface area contributed by atoms with E-state index < -0.39 is 0 Å². The highest BCUT2D eigenvalue weighted by molar-refractivity contribution is 6.30. The maximum Gasteiger partial charge on any atom is 0.321 e. The first-order chi connectivity index (χ1) is 9.69. The van der Waals surface area contributed by atoms with E-state index in [1.165, 1.54) is 0 Å². The highest BCUT2D eigenvalue weighted by Gasteiger charge is 2.24. The number of aliphatic hydroxyl groups is 1. The molecule has 1 aliphatic rings. The van der Waals surface area contributed by atoms with Crippen LogP contribution in [0, 0.1) is 0 Å². The molecule has 0 radical (unpaired) electrons. The summed E-state index contributed by atoms with van der Waals surface area (Å²) in [6.45, 7) is 1.60. The van der Waals surface area contributed by atoms with Crippen molar-refractivity contribution in [2.45, 2.75) is 18.9 Å². The van der Waals surface area contributed by atoms with Crippen LogP contribution in [-0.2, 0) is 4.74 Å². The molecule has 1 aromatic carbocycles. The second kappa shape index (κ2) is 7.47. The summed E-state index contributed by atoms with van der Waals surface area (Å²) in [5.74, 6) is 0. The van der Waals surface area contributed by atoms with Crippen molar-refractivity contribution < 1.29 is 14.6 Å². The Morgan fingerprint density at radius 1 is 1.45 bits per heavy atom. The van der Waals surface area contributed by atoms with Gasteiger partial charge in [0.25, 0.3) is 0 Å². The maximum absolute atomic E-state index is 12.1. The van der Waals surface area contributed by atoms with E-state index in [9.17, 15) is 4.79 Å². The van der Waals surface area contributed by atoms with E-state index >= 15 is 0 Å². The van der Waals surface area contributed by atoms with E-state index in [-0.39, 0.29) is 18.7 Å². The molecule has 1 atom stereocenters. The van der Waals surface area contributed by atoms with Crippen LogP contribution in [0.15, 0.2) is 24.3 Å². The molecule has 1 saturated heterocycles. The Balaban J connectivity index is 1.86. The highest BCUT2D eigenvalue weighted by Crippen LogP contribution is 2.17. The molecular weight excluding hydrogens is 280 g/mol. The fourth-order valence-corrected chi connectivity index (χ4v) is 2.34. The van der Waals surface area contributed by atoms with Gasteiger partial charge in [0.05, 0.1) is 19.3 Å². The largest absolute Gasteiger partial charge is 0.394 e. The zero-order valence-corrected chi connectivity index (χ0v) is 12.0. The van der Waals surface area contributed by atoms with Crippen molar-refractivity contribution in [2.75, 3.05) is 31.6 Å². The fraction of sp³-hybridized carbons (Fsp3) is 0.500. The SMILES string of the molecule is O=C(Nc1ccc(Cl)cc1)N1CCCC(OCCO)C1. The Bertz CT molecular complexity index is 439. The topological polar surface area (TPSA) is 61.8 Å². The summed E-state index contributed by atoms with van der Waals surface area (Å²) in [6.07, 6.45) is 1.83. The van der Waals surface area contributed by atoms with Gasteiger partial charge in [-0.05, 0) is 37.1 Å². The summed E-state index contributed by atoms with van der Waals surface area (Å²) in [4.78, 5) is 13.9. The fourth-order valence-electron chi connectivity index (χ4n) is 2.21. The molecule has 1 aromatic rings. The predicted octanol–water partition coefficient (Wildman–Crippen LogP) is 2.35. The molecule has 1 aliphatic heterocycles. The molecule has 0 aromatic heterocycles. The Labute approximate surface area is 123 Å². The van der Waals surface area contributed by atoms with Crippen LogP contribution in [0.1, 0.15) is 12.8 Å². The third-order valence-electron chi connectivity index (χ3n) is 3.21. The smallest absolute Gasteiger partial charge is 0.321 e. The van der Waals surface area contributed by atoms with Crippen LogP contribution in [-0.4, -0.2) is 48.4 Å². The van der Waals surface area contributed by atoms with Gasteiger partial charge in [-0.2, -0.15) is 0 Å². The number of hydrogen-bond acceptors (Lipinski definition) is 3. The monoisotopic (exact) mass is 298 g/mol. The van der Waals surface area contributed by atoms with Crippen LogP contribution in [0.2, 0.25) is 5.02 Å². The van der Waals surface area contributed by atoms with Crippen LogP contribution in [0.3, 0.4) is 0 Å². The van der Waals surface area contributed by atoms with Crippen LogP contribution in [0.25, 0.3) is 0 Å². The van der Waals surface area contributed by atoms with E-state index in [4.69, 9.17) is 21.4 Å². The molecular formula is C14H19ClN2O3. The molecule has 110 valence electrons. The minimum atomic E-state index is -0.135. The number of anilines is 1. The van der Waals surface area contributed by atoms with Crippen LogP contribution in [0.5, 0.6) is 0 Å². The number of likely N-dealkylation sites (tertiary alicyclic amines) is 1. The van der Waals surface area contributed by atoms with E-state index in [2.05, 4.69) is 5.32 Å². The van der Waals surface area contributed by atoms with Crippen LogP contribution in [0.4, 0.5) is 10.5 Å². The maximum atomic E-state index is 12.1. The van der Waals surface area contributed by atoms with Gasteiger partial charge in [0.1, 0.15) is 0 Å². The third-order valence-corrected chi connectivity index (χ3v) is 3.46. The molecule has 2 rings (SSSR count). The van der Waals surface area contributed by atoms with Crippen molar-refractivity contribution in [3.63, 3.8) is 0 Å². The van der Waals surface area contributed by atoms with Crippen molar-refractivity contribution in [2.24, 2.45) is 0 Å². The van der Waals surface area contributed by atoms with Crippen molar-refractivity contribution in [3.8, 4) is 0 Å². The second-order valence-corrected chi connectivity index (χ2v) is 5.18.